The molecule has 0 amide bonds. The molecule has 0 atom stereocenters. The van der Waals surface area contributed by atoms with Crippen LogP contribution in [0.1, 0.15) is 57.4 Å². The van der Waals surface area contributed by atoms with Gasteiger partial charge in [0.05, 0.1) is 0 Å². The highest BCUT2D eigenvalue weighted by Crippen LogP contribution is 2.05. The molecule has 1 heteroatoms. The summed E-state index contributed by atoms with van der Waals surface area (Å²) in [7, 11) is 0. The smallest absolute Gasteiger partial charge is 0.119 e. The molecule has 1 rings (SSSR count). The second-order valence-corrected chi connectivity index (χ2v) is 4.34. The Morgan fingerprint density at radius 2 is 1.61 bits per heavy atom. The van der Waals surface area contributed by atoms with Gasteiger partial charge in [-0.15, -0.1) is 0 Å². The van der Waals surface area contributed by atoms with Crippen LogP contribution in [0.5, 0.6) is 0 Å². The fourth-order valence-electron chi connectivity index (χ4n) is 1.60. The van der Waals surface area contributed by atoms with E-state index < -0.39 is 0 Å². The van der Waals surface area contributed by atoms with Gasteiger partial charge in [-0.25, -0.2) is 0 Å². The maximum absolute atomic E-state index is 9.89. The third kappa shape index (κ3) is 11.1. The minimum Gasteiger partial charge on any atom is -0.303 e. The summed E-state index contributed by atoms with van der Waals surface area (Å²) in [6, 6.07) is 10.0. The minimum absolute atomic E-state index is 0.756. The minimum atomic E-state index is 0.756. The van der Waals surface area contributed by atoms with Crippen LogP contribution in [0.25, 0.3) is 6.08 Å². The van der Waals surface area contributed by atoms with Crippen LogP contribution >= 0.6 is 0 Å². The Labute approximate surface area is 112 Å². The predicted octanol–water partition coefficient (Wildman–Crippen LogP) is 5.27. The van der Waals surface area contributed by atoms with E-state index in [1.807, 2.05) is 36.4 Å². The van der Waals surface area contributed by atoms with Crippen LogP contribution in [-0.2, 0) is 4.79 Å². The van der Waals surface area contributed by atoms with E-state index in [-0.39, 0.29) is 0 Å². The number of aldehydes is 1. The lowest BCUT2D eigenvalue weighted by Crippen LogP contribution is -1.79. The molecule has 1 aromatic carbocycles. The monoisotopic (exact) mass is 246 g/mol. The Bertz CT molecular complexity index is 290. The van der Waals surface area contributed by atoms with Crippen molar-refractivity contribution in [3.05, 3.63) is 42.5 Å². The second-order valence-electron chi connectivity index (χ2n) is 4.34. The quantitative estimate of drug-likeness (QED) is 0.451. The molecular weight excluding hydrogens is 220 g/mol. The molecule has 0 bridgehead atoms. The second kappa shape index (κ2) is 13.7. The van der Waals surface area contributed by atoms with Gasteiger partial charge in [-0.05, 0) is 12.0 Å². The summed E-state index contributed by atoms with van der Waals surface area (Å²) in [5, 5.41) is 0. The van der Waals surface area contributed by atoms with Crippen molar-refractivity contribution in [2.75, 3.05) is 0 Å². The van der Waals surface area contributed by atoms with Gasteiger partial charge in [0, 0.05) is 6.42 Å². The molecule has 0 heterocycles. The topological polar surface area (TPSA) is 17.1 Å². The largest absolute Gasteiger partial charge is 0.303 e. The number of benzene rings is 1. The van der Waals surface area contributed by atoms with Crippen LogP contribution in [0.15, 0.2) is 36.9 Å². The highest BCUT2D eigenvalue weighted by atomic mass is 16.1. The van der Waals surface area contributed by atoms with Crippen molar-refractivity contribution in [1.29, 1.82) is 0 Å². The lowest BCUT2D eigenvalue weighted by Gasteiger charge is -1.95. The standard InChI is InChI=1S/C9H18O.C8H8/c1-2-3-4-5-6-7-8-9-10;1-2-8-6-4-3-5-7-8/h9H,2-8H2,1H3;2-7H,1H2. The zero-order valence-corrected chi connectivity index (χ0v) is 11.6. The molecule has 1 aromatic rings. The average Bonchev–Trinajstić information content (AvgIpc) is 2.44. The van der Waals surface area contributed by atoms with E-state index in [4.69, 9.17) is 0 Å². The number of hydrogen-bond donors (Lipinski definition) is 0. The normalized spacial score (nSPS) is 9.17. The first-order valence-electron chi connectivity index (χ1n) is 6.96. The van der Waals surface area contributed by atoms with E-state index in [1.165, 1.54) is 37.7 Å². The molecule has 0 aromatic heterocycles. The van der Waals surface area contributed by atoms with Gasteiger partial charge in [-0.3, -0.25) is 0 Å². The Kier molecular flexibility index (Phi) is 12.7. The molecule has 0 aliphatic heterocycles. The van der Waals surface area contributed by atoms with Crippen LogP contribution < -0.4 is 0 Å². The van der Waals surface area contributed by atoms with E-state index in [9.17, 15) is 4.79 Å². The highest BCUT2D eigenvalue weighted by Gasteiger charge is 1.87. The number of hydrogen-bond acceptors (Lipinski definition) is 1. The van der Waals surface area contributed by atoms with Gasteiger partial charge in [-0.1, -0.05) is 82.0 Å². The first-order valence-corrected chi connectivity index (χ1v) is 6.96. The molecule has 0 N–H and O–H groups in total. The van der Waals surface area contributed by atoms with Crippen LogP contribution in [0.4, 0.5) is 0 Å². The van der Waals surface area contributed by atoms with Crippen molar-refractivity contribution in [3.63, 3.8) is 0 Å². The summed E-state index contributed by atoms with van der Waals surface area (Å²) in [5.74, 6) is 0. The number of carbonyl (C=O) groups is 1. The Balaban J connectivity index is 0.000000327. The van der Waals surface area contributed by atoms with Crippen molar-refractivity contribution < 1.29 is 4.79 Å². The lowest BCUT2D eigenvalue weighted by atomic mass is 10.1. The molecule has 0 spiro atoms. The summed E-state index contributed by atoms with van der Waals surface area (Å²) >= 11 is 0. The predicted molar refractivity (Wildman–Crippen MR) is 80.6 cm³/mol. The van der Waals surface area contributed by atoms with E-state index in [0.29, 0.717) is 0 Å². The zero-order chi connectivity index (χ0) is 13.5. The zero-order valence-electron chi connectivity index (χ0n) is 11.6. The summed E-state index contributed by atoms with van der Waals surface area (Å²) in [6.45, 7) is 5.84. The third-order valence-corrected chi connectivity index (χ3v) is 2.71. The van der Waals surface area contributed by atoms with Crippen molar-refractivity contribution in [3.8, 4) is 0 Å². The van der Waals surface area contributed by atoms with E-state index in [0.717, 1.165) is 19.1 Å². The lowest BCUT2D eigenvalue weighted by molar-refractivity contribution is -0.107. The molecule has 0 radical (unpaired) electrons. The van der Waals surface area contributed by atoms with Crippen molar-refractivity contribution in [2.45, 2.75) is 51.9 Å². The van der Waals surface area contributed by atoms with Crippen LogP contribution in [0.3, 0.4) is 0 Å². The maximum Gasteiger partial charge on any atom is 0.119 e. The molecule has 1 nitrogen and oxygen atoms in total. The van der Waals surface area contributed by atoms with Gasteiger partial charge < -0.3 is 4.79 Å². The fourth-order valence-corrected chi connectivity index (χ4v) is 1.60. The van der Waals surface area contributed by atoms with Gasteiger partial charge in [0.15, 0.2) is 0 Å². The first kappa shape index (κ1) is 16.6. The van der Waals surface area contributed by atoms with Gasteiger partial charge in [0.1, 0.15) is 6.29 Å². The van der Waals surface area contributed by atoms with Gasteiger partial charge in [-0.2, -0.15) is 0 Å². The number of rotatable bonds is 8. The van der Waals surface area contributed by atoms with Crippen LogP contribution in [0.2, 0.25) is 0 Å². The summed E-state index contributed by atoms with van der Waals surface area (Å²) < 4.78 is 0. The van der Waals surface area contributed by atoms with Crippen LogP contribution in [-0.4, -0.2) is 6.29 Å². The van der Waals surface area contributed by atoms with Gasteiger partial charge in [0.2, 0.25) is 0 Å². The Morgan fingerprint density at radius 1 is 1.00 bits per heavy atom. The number of unbranched alkanes of at least 4 members (excludes halogenated alkanes) is 6. The maximum atomic E-state index is 9.89. The van der Waals surface area contributed by atoms with Gasteiger partial charge in [0.25, 0.3) is 0 Å². The molecule has 0 fully saturated rings. The van der Waals surface area contributed by atoms with Gasteiger partial charge >= 0.3 is 0 Å². The number of carbonyl (C=O) groups excluding carboxylic acids is 1. The Morgan fingerprint density at radius 3 is 2.11 bits per heavy atom. The fraction of sp³-hybridized carbons (Fsp3) is 0.471. The van der Waals surface area contributed by atoms with E-state index in [1.54, 1.807) is 0 Å². The summed E-state index contributed by atoms with van der Waals surface area (Å²) in [5.41, 5.74) is 1.17. The SMILES string of the molecule is C=Cc1ccccc1.CCCCCCCCC=O. The molecule has 0 unspecified atom stereocenters. The molecule has 0 saturated heterocycles. The van der Waals surface area contributed by atoms with Crippen molar-refractivity contribution in [1.82, 2.24) is 0 Å². The summed E-state index contributed by atoms with van der Waals surface area (Å²) in [6.07, 6.45) is 11.2. The molecule has 18 heavy (non-hydrogen) atoms. The van der Waals surface area contributed by atoms with Crippen molar-refractivity contribution in [2.24, 2.45) is 0 Å². The van der Waals surface area contributed by atoms with Crippen molar-refractivity contribution >= 4 is 12.4 Å². The van der Waals surface area contributed by atoms with Crippen LogP contribution in [0, 0.1) is 0 Å². The molecule has 0 aliphatic rings. The first-order chi connectivity index (χ1) is 8.85. The Hall–Kier alpha value is -1.37. The third-order valence-electron chi connectivity index (χ3n) is 2.71. The van der Waals surface area contributed by atoms with E-state index in [2.05, 4.69) is 13.5 Å². The molecule has 100 valence electrons. The summed E-state index contributed by atoms with van der Waals surface area (Å²) in [4.78, 5) is 9.89. The molecule has 0 aliphatic carbocycles. The highest BCUT2D eigenvalue weighted by molar-refractivity contribution is 5.48. The average molecular weight is 246 g/mol. The molecule has 0 saturated carbocycles. The van der Waals surface area contributed by atoms with E-state index >= 15 is 0 Å². The molecular formula is C17H26O.